The zero-order chi connectivity index (χ0) is 20.4. The van der Waals surface area contributed by atoms with E-state index >= 15 is 0 Å². The first kappa shape index (κ1) is 21.1. The number of nitrogens with one attached hydrogen (secondary N) is 1. The average Bonchev–Trinajstić information content (AvgIpc) is 2.58. The van der Waals surface area contributed by atoms with Gasteiger partial charge in [0, 0.05) is 19.8 Å². The van der Waals surface area contributed by atoms with Gasteiger partial charge >= 0.3 is 10.2 Å². The summed E-state index contributed by atoms with van der Waals surface area (Å²) >= 11 is 5.71. The molecule has 146 valence electrons. The second-order valence-electron chi connectivity index (χ2n) is 6.26. The fraction of sp³-hybridized carbons (Fsp3) is 0.278. The van der Waals surface area contributed by atoms with Crippen molar-refractivity contribution in [2.45, 2.75) is 13.8 Å². The molecule has 0 aromatic heterocycles. The molecule has 0 bridgehead atoms. The highest BCUT2D eigenvalue weighted by atomic mass is 35.5. The van der Waals surface area contributed by atoms with Gasteiger partial charge in [-0.05, 0) is 49.2 Å². The topological polar surface area (TPSA) is 69.7 Å². The zero-order valence-electron chi connectivity index (χ0n) is 15.5. The third kappa shape index (κ3) is 4.97. The number of rotatable bonds is 6. The lowest BCUT2D eigenvalue weighted by atomic mass is 10.1. The van der Waals surface area contributed by atoms with Crippen molar-refractivity contribution in [2.24, 2.45) is 0 Å². The van der Waals surface area contributed by atoms with Crippen LogP contribution in [0, 0.1) is 19.7 Å². The van der Waals surface area contributed by atoms with Crippen LogP contribution < -0.4 is 9.62 Å². The summed E-state index contributed by atoms with van der Waals surface area (Å²) in [5.41, 5.74) is 2.26. The van der Waals surface area contributed by atoms with Crippen LogP contribution in [0.25, 0.3) is 0 Å². The molecule has 0 atom stereocenters. The van der Waals surface area contributed by atoms with Crippen LogP contribution in [0.15, 0.2) is 36.4 Å². The first-order valence-electron chi connectivity index (χ1n) is 8.04. The van der Waals surface area contributed by atoms with E-state index in [4.69, 9.17) is 11.6 Å². The van der Waals surface area contributed by atoms with E-state index in [1.165, 1.54) is 26.2 Å². The van der Waals surface area contributed by atoms with Crippen LogP contribution >= 0.6 is 11.6 Å². The standard InChI is InChI=1S/C18H21ClFN3O3S/c1-12-5-6-13(2)17(9-12)23(27(25,26)22(3)4)11-18(24)21-14-7-8-16(20)15(19)10-14/h5-10H,11H2,1-4H3,(H,21,24). The number of hydrogen-bond donors (Lipinski definition) is 1. The van der Waals surface area contributed by atoms with Crippen LogP contribution in [0.1, 0.15) is 11.1 Å². The third-order valence-corrected chi connectivity index (χ3v) is 5.96. The minimum atomic E-state index is -3.91. The van der Waals surface area contributed by atoms with Gasteiger partial charge in [-0.15, -0.1) is 0 Å². The Morgan fingerprint density at radius 1 is 1.15 bits per heavy atom. The first-order chi connectivity index (χ1) is 12.5. The molecule has 6 nitrogen and oxygen atoms in total. The molecule has 0 radical (unpaired) electrons. The number of carbonyl (C=O) groups is 1. The van der Waals surface area contributed by atoms with Crippen molar-refractivity contribution in [2.75, 3.05) is 30.3 Å². The summed E-state index contributed by atoms with van der Waals surface area (Å²) in [6.45, 7) is 3.16. The number of aryl methyl sites for hydroxylation is 2. The van der Waals surface area contributed by atoms with E-state index < -0.39 is 28.5 Å². The molecule has 0 saturated heterocycles. The molecule has 2 aromatic rings. The lowest BCUT2D eigenvalue weighted by Crippen LogP contribution is -2.44. The molecule has 0 aliphatic carbocycles. The van der Waals surface area contributed by atoms with E-state index in [0.29, 0.717) is 11.3 Å². The van der Waals surface area contributed by atoms with Gasteiger partial charge in [-0.25, -0.2) is 8.70 Å². The fourth-order valence-corrected chi connectivity index (χ4v) is 3.68. The minimum absolute atomic E-state index is 0.139. The van der Waals surface area contributed by atoms with Crippen LogP contribution in [0.3, 0.4) is 0 Å². The Hall–Kier alpha value is -2.16. The van der Waals surface area contributed by atoms with Crippen LogP contribution in [-0.4, -0.2) is 39.3 Å². The highest BCUT2D eigenvalue weighted by Crippen LogP contribution is 2.25. The summed E-state index contributed by atoms with van der Waals surface area (Å²) in [7, 11) is -1.13. The normalized spacial score (nSPS) is 11.5. The predicted molar refractivity (Wildman–Crippen MR) is 106 cm³/mol. The number of nitrogens with zero attached hydrogens (tertiary/aromatic N) is 2. The van der Waals surface area contributed by atoms with Crippen molar-refractivity contribution >= 4 is 39.1 Å². The monoisotopic (exact) mass is 413 g/mol. The van der Waals surface area contributed by atoms with E-state index in [9.17, 15) is 17.6 Å². The van der Waals surface area contributed by atoms with Crippen molar-refractivity contribution in [3.8, 4) is 0 Å². The van der Waals surface area contributed by atoms with E-state index in [-0.39, 0.29) is 10.7 Å². The van der Waals surface area contributed by atoms with E-state index in [1.807, 2.05) is 13.0 Å². The Labute approximate surface area is 163 Å². The van der Waals surface area contributed by atoms with Crippen LogP contribution in [0.5, 0.6) is 0 Å². The number of benzene rings is 2. The van der Waals surface area contributed by atoms with E-state index in [2.05, 4.69) is 5.32 Å². The lowest BCUT2D eigenvalue weighted by molar-refractivity contribution is -0.114. The molecule has 1 amide bonds. The van der Waals surface area contributed by atoms with Gasteiger partial charge in [0.15, 0.2) is 0 Å². The average molecular weight is 414 g/mol. The number of hydrogen-bond acceptors (Lipinski definition) is 3. The van der Waals surface area contributed by atoms with E-state index in [0.717, 1.165) is 20.2 Å². The summed E-state index contributed by atoms with van der Waals surface area (Å²) in [4.78, 5) is 12.5. The molecule has 2 aromatic carbocycles. The maximum Gasteiger partial charge on any atom is 0.304 e. The predicted octanol–water partition coefficient (Wildman–Crippen LogP) is 3.35. The zero-order valence-corrected chi connectivity index (χ0v) is 17.0. The van der Waals surface area contributed by atoms with Gasteiger partial charge in [0.05, 0.1) is 10.7 Å². The lowest BCUT2D eigenvalue weighted by Gasteiger charge is -2.28. The molecule has 9 heteroatoms. The van der Waals surface area contributed by atoms with Gasteiger partial charge < -0.3 is 5.32 Å². The molecule has 27 heavy (non-hydrogen) atoms. The number of carbonyl (C=O) groups excluding carboxylic acids is 1. The minimum Gasteiger partial charge on any atom is -0.324 e. The highest BCUT2D eigenvalue weighted by Gasteiger charge is 2.28. The third-order valence-electron chi connectivity index (χ3n) is 3.86. The van der Waals surface area contributed by atoms with Crippen LogP contribution in [-0.2, 0) is 15.0 Å². The highest BCUT2D eigenvalue weighted by molar-refractivity contribution is 7.90. The van der Waals surface area contributed by atoms with Crippen molar-refractivity contribution in [1.82, 2.24) is 4.31 Å². The first-order valence-corrected chi connectivity index (χ1v) is 9.82. The Kier molecular flexibility index (Phi) is 6.46. The fourth-order valence-electron chi connectivity index (χ4n) is 2.38. The van der Waals surface area contributed by atoms with Gasteiger partial charge in [-0.1, -0.05) is 23.7 Å². The smallest absolute Gasteiger partial charge is 0.304 e. The Morgan fingerprint density at radius 2 is 1.81 bits per heavy atom. The molecular formula is C18H21ClFN3O3S. The Bertz CT molecular complexity index is 964. The van der Waals surface area contributed by atoms with Gasteiger partial charge in [0.2, 0.25) is 5.91 Å². The summed E-state index contributed by atoms with van der Waals surface area (Å²) in [6.07, 6.45) is 0. The summed E-state index contributed by atoms with van der Waals surface area (Å²) in [6, 6.07) is 9.09. The molecule has 0 aliphatic rings. The molecule has 1 N–H and O–H groups in total. The van der Waals surface area contributed by atoms with Crippen molar-refractivity contribution in [1.29, 1.82) is 0 Å². The molecule has 0 fully saturated rings. The van der Waals surface area contributed by atoms with Crippen molar-refractivity contribution < 1.29 is 17.6 Å². The number of anilines is 2. The van der Waals surface area contributed by atoms with Crippen LogP contribution in [0.4, 0.5) is 15.8 Å². The molecule has 0 unspecified atom stereocenters. The summed E-state index contributed by atoms with van der Waals surface area (Å²) in [5.74, 6) is -1.19. The Morgan fingerprint density at radius 3 is 2.41 bits per heavy atom. The molecule has 0 saturated carbocycles. The molecule has 0 spiro atoms. The van der Waals surface area contributed by atoms with Gasteiger partial charge in [-0.3, -0.25) is 4.79 Å². The SMILES string of the molecule is Cc1ccc(C)c(N(CC(=O)Nc2ccc(F)c(Cl)c2)S(=O)(=O)N(C)C)c1. The summed E-state index contributed by atoms with van der Waals surface area (Å²) < 4.78 is 40.9. The van der Waals surface area contributed by atoms with Crippen LogP contribution in [0.2, 0.25) is 5.02 Å². The molecule has 0 aliphatic heterocycles. The second kappa shape index (κ2) is 8.24. The second-order valence-corrected chi connectivity index (χ2v) is 8.74. The van der Waals surface area contributed by atoms with E-state index in [1.54, 1.807) is 19.1 Å². The molecular weight excluding hydrogens is 393 g/mol. The molecule has 2 rings (SSSR count). The van der Waals surface area contributed by atoms with Crippen molar-refractivity contribution in [3.63, 3.8) is 0 Å². The number of amides is 1. The summed E-state index contributed by atoms with van der Waals surface area (Å²) in [5, 5.41) is 2.40. The maximum absolute atomic E-state index is 13.3. The largest absolute Gasteiger partial charge is 0.324 e. The van der Waals surface area contributed by atoms with Gasteiger partial charge in [0.25, 0.3) is 0 Å². The van der Waals surface area contributed by atoms with Gasteiger partial charge in [0.1, 0.15) is 12.4 Å². The Balaban J connectivity index is 2.35. The quantitative estimate of drug-likeness (QED) is 0.789. The van der Waals surface area contributed by atoms with Gasteiger partial charge in [-0.2, -0.15) is 12.7 Å². The van der Waals surface area contributed by atoms with Crippen molar-refractivity contribution in [3.05, 3.63) is 58.4 Å². The number of halogens is 2. The molecule has 0 heterocycles. The maximum atomic E-state index is 13.3.